The van der Waals surface area contributed by atoms with Crippen LogP contribution in [0.1, 0.15) is 25.1 Å². The molecule has 0 spiro atoms. The van der Waals surface area contributed by atoms with Crippen molar-refractivity contribution >= 4 is 15.7 Å². The summed E-state index contributed by atoms with van der Waals surface area (Å²) in [7, 11) is -3.84. The van der Waals surface area contributed by atoms with Crippen molar-refractivity contribution in [3.63, 3.8) is 0 Å². The van der Waals surface area contributed by atoms with E-state index in [9.17, 15) is 26.4 Å². The third kappa shape index (κ3) is 4.69. The standard InChI is InChI=1S/C12H15F3N2O3S/c1-3-16-11(18)8(2)21(19,20)7-10-5-4-9(6-17-10)12(13,14)15/h4-6,8H,3,7H2,1-2H3,(H,16,18). The molecule has 1 amide bonds. The first-order valence-corrected chi connectivity index (χ1v) is 7.81. The van der Waals surface area contributed by atoms with Crippen molar-refractivity contribution in [2.24, 2.45) is 0 Å². The van der Waals surface area contributed by atoms with Crippen molar-refractivity contribution in [3.05, 3.63) is 29.6 Å². The van der Waals surface area contributed by atoms with Crippen LogP contribution in [0.3, 0.4) is 0 Å². The zero-order chi connectivity index (χ0) is 16.3. The normalized spacial score (nSPS) is 13.8. The highest BCUT2D eigenvalue weighted by Gasteiger charge is 2.32. The Hall–Kier alpha value is -1.64. The Kier molecular flexibility index (Phi) is 5.32. The number of hydrogen-bond donors (Lipinski definition) is 1. The first-order valence-electron chi connectivity index (χ1n) is 6.09. The van der Waals surface area contributed by atoms with Gasteiger partial charge in [-0.15, -0.1) is 0 Å². The van der Waals surface area contributed by atoms with Crippen LogP contribution in [0.2, 0.25) is 0 Å². The summed E-state index contributed by atoms with van der Waals surface area (Å²) >= 11 is 0. The zero-order valence-corrected chi connectivity index (χ0v) is 12.3. The Labute approximate surface area is 120 Å². The molecule has 1 atom stereocenters. The number of carbonyl (C=O) groups is 1. The summed E-state index contributed by atoms with van der Waals surface area (Å²) in [6.45, 7) is 3.16. The third-order valence-electron chi connectivity index (χ3n) is 2.76. The molecule has 1 heterocycles. The summed E-state index contributed by atoms with van der Waals surface area (Å²) in [5, 5.41) is 1.09. The second-order valence-electron chi connectivity index (χ2n) is 4.38. The van der Waals surface area contributed by atoms with Gasteiger partial charge < -0.3 is 5.32 Å². The number of nitrogens with zero attached hydrogens (tertiary/aromatic N) is 1. The first kappa shape index (κ1) is 17.4. The highest BCUT2D eigenvalue weighted by molar-refractivity contribution is 7.92. The van der Waals surface area contributed by atoms with E-state index in [2.05, 4.69) is 10.3 Å². The van der Waals surface area contributed by atoms with E-state index in [1.165, 1.54) is 6.92 Å². The van der Waals surface area contributed by atoms with Gasteiger partial charge in [0.1, 0.15) is 5.25 Å². The van der Waals surface area contributed by atoms with Crippen molar-refractivity contribution in [2.75, 3.05) is 6.54 Å². The topological polar surface area (TPSA) is 76.1 Å². The van der Waals surface area contributed by atoms with Crippen LogP contribution in [-0.2, 0) is 26.6 Å². The maximum Gasteiger partial charge on any atom is 0.417 e. The lowest BCUT2D eigenvalue weighted by atomic mass is 10.2. The number of pyridine rings is 1. The van der Waals surface area contributed by atoms with Gasteiger partial charge in [0, 0.05) is 12.7 Å². The van der Waals surface area contributed by atoms with Gasteiger partial charge >= 0.3 is 6.18 Å². The van der Waals surface area contributed by atoms with E-state index in [1.54, 1.807) is 6.92 Å². The van der Waals surface area contributed by atoms with Gasteiger partial charge in [-0.2, -0.15) is 13.2 Å². The molecule has 0 aliphatic carbocycles. The maximum atomic E-state index is 12.4. The maximum absolute atomic E-state index is 12.4. The molecule has 5 nitrogen and oxygen atoms in total. The lowest BCUT2D eigenvalue weighted by Crippen LogP contribution is -2.38. The van der Waals surface area contributed by atoms with Gasteiger partial charge in [-0.25, -0.2) is 8.42 Å². The van der Waals surface area contributed by atoms with Gasteiger partial charge in [0.25, 0.3) is 0 Å². The molecule has 0 radical (unpaired) electrons. The van der Waals surface area contributed by atoms with Crippen LogP contribution in [0.25, 0.3) is 0 Å². The second-order valence-corrected chi connectivity index (χ2v) is 6.70. The van der Waals surface area contributed by atoms with E-state index in [0.29, 0.717) is 6.20 Å². The highest BCUT2D eigenvalue weighted by atomic mass is 32.2. The number of sulfone groups is 1. The molecule has 0 bridgehead atoms. The molecule has 0 saturated carbocycles. The summed E-state index contributed by atoms with van der Waals surface area (Å²) in [6.07, 6.45) is -3.96. The van der Waals surface area contributed by atoms with E-state index < -0.39 is 38.5 Å². The molecule has 1 rings (SSSR count). The van der Waals surface area contributed by atoms with Crippen LogP contribution in [0.5, 0.6) is 0 Å². The van der Waals surface area contributed by atoms with Crippen molar-refractivity contribution in [2.45, 2.75) is 31.0 Å². The highest BCUT2D eigenvalue weighted by Crippen LogP contribution is 2.28. The lowest BCUT2D eigenvalue weighted by Gasteiger charge is -2.12. The number of nitrogens with one attached hydrogen (secondary N) is 1. The summed E-state index contributed by atoms with van der Waals surface area (Å²) in [5.41, 5.74) is -1.00. The lowest BCUT2D eigenvalue weighted by molar-refractivity contribution is -0.137. The number of alkyl halides is 3. The molecule has 9 heteroatoms. The minimum atomic E-state index is -4.53. The van der Waals surface area contributed by atoms with Crippen molar-refractivity contribution < 1.29 is 26.4 Å². The molecule has 1 N–H and O–H groups in total. The molecule has 1 aromatic rings. The predicted octanol–water partition coefficient (Wildman–Crippen LogP) is 1.54. The third-order valence-corrected chi connectivity index (χ3v) is 4.75. The Morgan fingerprint density at radius 2 is 2.00 bits per heavy atom. The van der Waals surface area contributed by atoms with E-state index in [0.717, 1.165) is 12.1 Å². The van der Waals surface area contributed by atoms with Gasteiger partial charge in [0.15, 0.2) is 9.84 Å². The molecule has 0 saturated heterocycles. The van der Waals surface area contributed by atoms with Gasteiger partial charge in [-0.3, -0.25) is 9.78 Å². The zero-order valence-electron chi connectivity index (χ0n) is 11.4. The number of amides is 1. The van der Waals surface area contributed by atoms with Crippen LogP contribution in [-0.4, -0.2) is 31.1 Å². The summed E-state index contributed by atoms with van der Waals surface area (Å²) < 4.78 is 61.0. The number of hydrogen-bond acceptors (Lipinski definition) is 4. The fourth-order valence-electron chi connectivity index (χ4n) is 1.49. The van der Waals surface area contributed by atoms with E-state index in [4.69, 9.17) is 0 Å². The Morgan fingerprint density at radius 3 is 2.43 bits per heavy atom. The van der Waals surface area contributed by atoms with Crippen molar-refractivity contribution in [3.8, 4) is 0 Å². The number of aromatic nitrogens is 1. The largest absolute Gasteiger partial charge is 0.417 e. The molecule has 0 fully saturated rings. The van der Waals surface area contributed by atoms with Crippen molar-refractivity contribution in [1.29, 1.82) is 0 Å². The van der Waals surface area contributed by atoms with Gasteiger partial charge in [-0.05, 0) is 26.0 Å². The average Bonchev–Trinajstić information content (AvgIpc) is 2.37. The molecule has 0 aliphatic rings. The summed E-state index contributed by atoms with van der Waals surface area (Å²) in [5.74, 6) is -1.24. The van der Waals surface area contributed by atoms with Gasteiger partial charge in [-0.1, -0.05) is 0 Å². The minimum Gasteiger partial charge on any atom is -0.355 e. The van der Waals surface area contributed by atoms with E-state index in [-0.39, 0.29) is 12.2 Å². The first-order chi connectivity index (χ1) is 9.58. The van der Waals surface area contributed by atoms with Crippen LogP contribution < -0.4 is 5.32 Å². The number of rotatable bonds is 5. The molecule has 0 aliphatic heterocycles. The average molecular weight is 324 g/mol. The van der Waals surface area contributed by atoms with Crippen LogP contribution in [0.4, 0.5) is 13.2 Å². The molecule has 1 aromatic heterocycles. The monoisotopic (exact) mass is 324 g/mol. The molecular weight excluding hydrogens is 309 g/mol. The van der Waals surface area contributed by atoms with Crippen molar-refractivity contribution in [1.82, 2.24) is 10.3 Å². The van der Waals surface area contributed by atoms with E-state index >= 15 is 0 Å². The number of halogens is 3. The van der Waals surface area contributed by atoms with Gasteiger partial charge in [0.2, 0.25) is 5.91 Å². The Balaban J connectivity index is 2.87. The fourth-order valence-corrected chi connectivity index (χ4v) is 2.73. The quantitative estimate of drug-likeness (QED) is 0.891. The molecular formula is C12H15F3N2O3S. The summed E-state index contributed by atoms with van der Waals surface area (Å²) in [4.78, 5) is 15.0. The van der Waals surface area contributed by atoms with Crippen LogP contribution >= 0.6 is 0 Å². The molecule has 21 heavy (non-hydrogen) atoms. The molecule has 0 aromatic carbocycles. The van der Waals surface area contributed by atoms with Crippen LogP contribution in [0.15, 0.2) is 18.3 Å². The van der Waals surface area contributed by atoms with Gasteiger partial charge in [0.05, 0.1) is 17.0 Å². The van der Waals surface area contributed by atoms with Crippen LogP contribution in [0, 0.1) is 0 Å². The minimum absolute atomic E-state index is 0.0425. The fraction of sp³-hybridized carbons (Fsp3) is 0.500. The smallest absolute Gasteiger partial charge is 0.355 e. The second kappa shape index (κ2) is 6.42. The van der Waals surface area contributed by atoms with E-state index in [1.807, 2.05) is 0 Å². The molecule has 118 valence electrons. The number of carbonyl (C=O) groups excluding carboxylic acids is 1. The Bertz CT molecular complexity index is 597. The molecule has 1 unspecified atom stereocenters. The predicted molar refractivity (Wildman–Crippen MR) is 70.0 cm³/mol. The SMILES string of the molecule is CCNC(=O)C(C)S(=O)(=O)Cc1ccc(C(F)(F)F)cn1. The summed E-state index contributed by atoms with van der Waals surface area (Å²) in [6, 6.07) is 1.75. The Morgan fingerprint density at radius 1 is 1.38 bits per heavy atom.